The van der Waals surface area contributed by atoms with E-state index in [1.807, 2.05) is 0 Å². The Morgan fingerprint density at radius 1 is 1.28 bits per heavy atom. The molecule has 2 aliphatic rings. The molecule has 0 radical (unpaired) electrons. The number of alkyl halides is 3. The number of hydrogen-bond donors (Lipinski definition) is 1. The summed E-state index contributed by atoms with van der Waals surface area (Å²) in [5.41, 5.74) is 0.403. The molecule has 4 unspecified atom stereocenters. The van der Waals surface area contributed by atoms with Crippen LogP contribution in [-0.4, -0.2) is 18.3 Å². The molecule has 0 aliphatic heterocycles. The monoisotopic (exact) mass is 263 g/mol. The van der Waals surface area contributed by atoms with Crippen LogP contribution in [0.3, 0.4) is 0 Å². The van der Waals surface area contributed by atoms with Crippen molar-refractivity contribution in [2.45, 2.75) is 71.6 Å². The lowest BCUT2D eigenvalue weighted by Gasteiger charge is -2.40. The second-order valence-corrected chi connectivity index (χ2v) is 7.05. The van der Waals surface area contributed by atoms with Crippen molar-refractivity contribution in [3.05, 3.63) is 0 Å². The third-order valence-corrected chi connectivity index (χ3v) is 5.82. The average Bonchev–Trinajstić information content (AvgIpc) is 2.47. The Bertz CT molecular complexity index is 323. The molecule has 0 amide bonds. The SMILES string of the molecule is CC(CC(F)(F)F)NC1CC2CCC1(C)C2(C)C. The molecule has 0 saturated heterocycles. The van der Waals surface area contributed by atoms with E-state index < -0.39 is 18.6 Å². The second kappa shape index (κ2) is 4.12. The minimum absolute atomic E-state index is 0.150. The van der Waals surface area contributed by atoms with Gasteiger partial charge >= 0.3 is 6.18 Å². The van der Waals surface area contributed by atoms with Gasteiger partial charge in [0, 0.05) is 12.1 Å². The van der Waals surface area contributed by atoms with Gasteiger partial charge in [0.2, 0.25) is 0 Å². The summed E-state index contributed by atoms with van der Waals surface area (Å²) in [6, 6.07) is -0.245. The molecule has 2 bridgehead atoms. The lowest BCUT2D eigenvalue weighted by atomic mass is 9.69. The van der Waals surface area contributed by atoms with Crippen molar-refractivity contribution < 1.29 is 13.2 Å². The summed E-state index contributed by atoms with van der Waals surface area (Å²) in [6.07, 6.45) is -1.40. The first-order valence-electron chi connectivity index (χ1n) is 6.89. The minimum atomic E-state index is -4.07. The summed E-state index contributed by atoms with van der Waals surface area (Å²) < 4.78 is 37.1. The number of rotatable bonds is 3. The molecule has 18 heavy (non-hydrogen) atoms. The molecule has 0 spiro atoms. The van der Waals surface area contributed by atoms with Gasteiger partial charge in [0.25, 0.3) is 0 Å². The number of fused-ring (bicyclic) bond motifs is 2. The van der Waals surface area contributed by atoms with E-state index in [1.165, 1.54) is 6.42 Å². The van der Waals surface area contributed by atoms with Crippen LogP contribution >= 0.6 is 0 Å². The maximum atomic E-state index is 12.4. The van der Waals surface area contributed by atoms with Crippen LogP contribution in [0.25, 0.3) is 0 Å². The van der Waals surface area contributed by atoms with Crippen LogP contribution in [0.2, 0.25) is 0 Å². The van der Waals surface area contributed by atoms with Gasteiger partial charge in [0.05, 0.1) is 6.42 Å². The largest absolute Gasteiger partial charge is 0.390 e. The Hall–Kier alpha value is -0.250. The zero-order chi connectivity index (χ0) is 13.8. The van der Waals surface area contributed by atoms with E-state index in [0.29, 0.717) is 5.92 Å². The van der Waals surface area contributed by atoms with Gasteiger partial charge in [-0.25, -0.2) is 0 Å². The molecular weight excluding hydrogens is 239 g/mol. The molecule has 2 fully saturated rings. The normalized spacial score (nSPS) is 40.2. The standard InChI is InChI=1S/C14H24F3N/c1-9(8-14(15,16)17)18-11-7-10-5-6-13(11,4)12(10,2)3/h9-11,18H,5-8H2,1-4H3. The fourth-order valence-electron chi connectivity index (χ4n) is 4.21. The van der Waals surface area contributed by atoms with Crippen LogP contribution < -0.4 is 5.32 Å². The zero-order valence-electron chi connectivity index (χ0n) is 11.7. The molecule has 1 N–H and O–H groups in total. The predicted octanol–water partition coefficient (Wildman–Crippen LogP) is 4.13. The highest BCUT2D eigenvalue weighted by molar-refractivity contribution is 5.13. The average molecular weight is 263 g/mol. The summed E-state index contributed by atoms with van der Waals surface area (Å²) in [5.74, 6) is 0.665. The van der Waals surface area contributed by atoms with Gasteiger partial charge in [-0.3, -0.25) is 0 Å². The molecule has 106 valence electrons. The molecular formula is C14H24F3N. The first-order chi connectivity index (χ1) is 8.06. The minimum Gasteiger partial charge on any atom is -0.311 e. The Balaban J connectivity index is 2.01. The van der Waals surface area contributed by atoms with Crippen molar-refractivity contribution in [3.63, 3.8) is 0 Å². The van der Waals surface area contributed by atoms with Crippen molar-refractivity contribution in [2.75, 3.05) is 0 Å². The number of halogens is 3. The van der Waals surface area contributed by atoms with E-state index in [4.69, 9.17) is 0 Å². The van der Waals surface area contributed by atoms with E-state index in [1.54, 1.807) is 6.92 Å². The van der Waals surface area contributed by atoms with Gasteiger partial charge in [-0.15, -0.1) is 0 Å². The summed E-state index contributed by atoms with van der Waals surface area (Å²) in [7, 11) is 0. The molecule has 0 aromatic rings. The second-order valence-electron chi connectivity index (χ2n) is 7.05. The Morgan fingerprint density at radius 2 is 1.89 bits per heavy atom. The van der Waals surface area contributed by atoms with Gasteiger partial charge in [-0.05, 0) is 42.9 Å². The number of nitrogens with one attached hydrogen (secondary N) is 1. The van der Waals surface area contributed by atoms with Crippen molar-refractivity contribution in [1.82, 2.24) is 5.32 Å². The maximum absolute atomic E-state index is 12.4. The van der Waals surface area contributed by atoms with E-state index >= 15 is 0 Å². The van der Waals surface area contributed by atoms with Gasteiger partial charge < -0.3 is 5.32 Å². The van der Waals surface area contributed by atoms with Crippen LogP contribution in [0, 0.1) is 16.7 Å². The molecule has 2 rings (SSSR count). The van der Waals surface area contributed by atoms with Crippen LogP contribution in [0.1, 0.15) is 53.4 Å². The molecule has 2 saturated carbocycles. The summed E-state index contributed by atoms with van der Waals surface area (Å²) in [4.78, 5) is 0. The fourth-order valence-corrected chi connectivity index (χ4v) is 4.21. The van der Waals surface area contributed by atoms with Crippen molar-refractivity contribution in [2.24, 2.45) is 16.7 Å². The van der Waals surface area contributed by atoms with Crippen molar-refractivity contribution in [1.29, 1.82) is 0 Å². The predicted molar refractivity (Wildman–Crippen MR) is 66.3 cm³/mol. The third-order valence-electron chi connectivity index (χ3n) is 5.82. The number of hydrogen-bond acceptors (Lipinski definition) is 1. The Labute approximate surface area is 108 Å². The highest BCUT2D eigenvalue weighted by atomic mass is 19.4. The molecule has 1 nitrogen and oxygen atoms in total. The smallest absolute Gasteiger partial charge is 0.311 e. The van der Waals surface area contributed by atoms with Crippen molar-refractivity contribution >= 4 is 0 Å². The van der Waals surface area contributed by atoms with Gasteiger partial charge in [-0.1, -0.05) is 20.8 Å². The lowest BCUT2D eigenvalue weighted by Crippen LogP contribution is -2.48. The molecule has 4 atom stereocenters. The molecule has 2 aliphatic carbocycles. The highest BCUT2D eigenvalue weighted by Crippen LogP contribution is 2.65. The first kappa shape index (κ1) is 14.2. The van der Waals surface area contributed by atoms with Crippen LogP contribution in [0.5, 0.6) is 0 Å². The van der Waals surface area contributed by atoms with Crippen molar-refractivity contribution in [3.8, 4) is 0 Å². The quantitative estimate of drug-likeness (QED) is 0.807. The molecule has 0 aromatic carbocycles. The third kappa shape index (κ3) is 2.17. The van der Waals surface area contributed by atoms with Gasteiger partial charge in [0.1, 0.15) is 0 Å². The zero-order valence-corrected chi connectivity index (χ0v) is 11.7. The first-order valence-corrected chi connectivity index (χ1v) is 6.89. The van der Waals surface area contributed by atoms with E-state index in [9.17, 15) is 13.2 Å². The van der Waals surface area contributed by atoms with E-state index in [0.717, 1.165) is 12.8 Å². The molecule has 0 aromatic heterocycles. The van der Waals surface area contributed by atoms with Gasteiger partial charge in [-0.2, -0.15) is 13.2 Å². The maximum Gasteiger partial charge on any atom is 0.390 e. The summed E-state index contributed by atoms with van der Waals surface area (Å²) in [6.45, 7) is 8.45. The van der Waals surface area contributed by atoms with Gasteiger partial charge in [0.15, 0.2) is 0 Å². The van der Waals surface area contributed by atoms with E-state index in [-0.39, 0.29) is 16.9 Å². The topological polar surface area (TPSA) is 12.0 Å². The molecule has 0 heterocycles. The highest BCUT2D eigenvalue weighted by Gasteiger charge is 2.61. The summed E-state index contributed by atoms with van der Waals surface area (Å²) >= 11 is 0. The Morgan fingerprint density at radius 3 is 2.28 bits per heavy atom. The van der Waals surface area contributed by atoms with Crippen LogP contribution in [0.15, 0.2) is 0 Å². The summed E-state index contributed by atoms with van der Waals surface area (Å²) in [5, 5.41) is 3.24. The molecule has 4 heteroatoms. The Kier molecular flexibility index (Phi) is 3.24. The lowest BCUT2D eigenvalue weighted by molar-refractivity contribution is -0.140. The fraction of sp³-hybridized carbons (Fsp3) is 1.00. The van der Waals surface area contributed by atoms with Crippen LogP contribution in [-0.2, 0) is 0 Å². The van der Waals surface area contributed by atoms with E-state index in [2.05, 4.69) is 26.1 Å². The van der Waals surface area contributed by atoms with Crippen LogP contribution in [0.4, 0.5) is 13.2 Å².